The number of thiazole rings is 1. The van der Waals surface area contributed by atoms with Gasteiger partial charge < -0.3 is 19.5 Å². The van der Waals surface area contributed by atoms with Gasteiger partial charge >= 0.3 is 12.1 Å². The number of thiophene rings is 2. The third kappa shape index (κ3) is 7.94. The molecule has 1 amide bonds. The van der Waals surface area contributed by atoms with E-state index >= 15 is 0 Å². The van der Waals surface area contributed by atoms with Crippen molar-refractivity contribution in [1.82, 2.24) is 10.3 Å². The molecule has 0 saturated carbocycles. The summed E-state index contributed by atoms with van der Waals surface area (Å²) in [5.41, 5.74) is 0.227. The number of para-hydroxylation sites is 1. The first-order valence-electron chi connectivity index (χ1n) is 17.2. The zero-order chi connectivity index (χ0) is 36.9. The zero-order valence-corrected chi connectivity index (χ0v) is 33.0. The monoisotopic (exact) mass is 806 g/mol. The van der Waals surface area contributed by atoms with E-state index in [1.807, 2.05) is 24.3 Å². The fourth-order valence-corrected chi connectivity index (χ4v) is 12.2. The highest BCUT2D eigenvalue weighted by Gasteiger charge is 2.35. The molecule has 12 heteroatoms. The Morgan fingerprint density at radius 1 is 0.685 bits per heavy atom. The summed E-state index contributed by atoms with van der Waals surface area (Å²) in [4.78, 5) is 31.7. The summed E-state index contributed by atoms with van der Waals surface area (Å²) < 4.78 is 23.6. The van der Waals surface area contributed by atoms with Crippen LogP contribution in [-0.2, 0) is 14.3 Å². The van der Waals surface area contributed by atoms with Gasteiger partial charge in [-0.25, -0.2) is 14.6 Å². The Balaban J connectivity index is 1.12. The smallest absolute Gasteiger partial charge is 0.407 e. The van der Waals surface area contributed by atoms with Gasteiger partial charge in [0.05, 0.1) is 22.2 Å². The zero-order valence-electron chi connectivity index (χ0n) is 28.9. The van der Waals surface area contributed by atoms with Crippen LogP contribution in [0.2, 0.25) is 0 Å². The Morgan fingerprint density at radius 3 is 1.87 bits per heavy atom. The number of hydrogen-bond acceptors (Lipinski definition) is 11. The average Bonchev–Trinajstić information content (AvgIpc) is 3.92. The SMILES string of the molecule is C=CC(=O)OCCNC(=O)OCC(COc1nc2ccccc2s1)(CSc1cccc2c1sc1ccccc12)CSc1cccc2c1sc1ccccc12. The highest BCUT2D eigenvalue weighted by Crippen LogP contribution is 2.45. The lowest BCUT2D eigenvalue weighted by atomic mass is 9.95. The van der Waals surface area contributed by atoms with Crippen LogP contribution in [0.5, 0.6) is 5.19 Å². The largest absolute Gasteiger partial charge is 0.469 e. The molecule has 8 aromatic rings. The van der Waals surface area contributed by atoms with Crippen molar-refractivity contribution in [2.24, 2.45) is 5.41 Å². The predicted molar refractivity (Wildman–Crippen MR) is 228 cm³/mol. The normalized spacial score (nSPS) is 11.8. The van der Waals surface area contributed by atoms with Gasteiger partial charge in [0.2, 0.25) is 0 Å². The number of rotatable bonds is 15. The lowest BCUT2D eigenvalue weighted by Gasteiger charge is -2.32. The van der Waals surface area contributed by atoms with Crippen LogP contribution in [0.3, 0.4) is 0 Å². The lowest BCUT2D eigenvalue weighted by molar-refractivity contribution is -0.137. The van der Waals surface area contributed by atoms with Crippen LogP contribution < -0.4 is 10.1 Å². The summed E-state index contributed by atoms with van der Waals surface area (Å²) in [6.07, 6.45) is 0.494. The van der Waals surface area contributed by atoms with Crippen LogP contribution in [0, 0.1) is 5.41 Å². The summed E-state index contributed by atoms with van der Waals surface area (Å²) in [5.74, 6) is 0.656. The molecule has 0 unspecified atom stereocenters. The van der Waals surface area contributed by atoms with Gasteiger partial charge in [0.15, 0.2) is 0 Å². The average molecular weight is 807 g/mol. The van der Waals surface area contributed by atoms with Gasteiger partial charge in [-0.15, -0.1) is 46.2 Å². The molecule has 3 aromatic heterocycles. The standard InChI is InChI=1S/C42H34N2O5S5/c1-2-37(45)47-22-21-43-40(46)48-23-42(24-49-41-44-31-15-5-8-18-34(31)54-41,25-50-35-19-9-13-29-27-11-3-6-16-32(27)52-38(29)35)26-51-36-20-10-14-30-28-12-4-7-17-33(28)53-39(30)36/h2-20H,1,21-26H2,(H,43,46). The highest BCUT2D eigenvalue weighted by atomic mass is 32.2. The maximum absolute atomic E-state index is 13.1. The number of carbonyl (C=O) groups excluding carboxylic acids is 2. The number of aromatic nitrogens is 1. The molecule has 0 bridgehead atoms. The molecule has 0 saturated heterocycles. The number of esters is 1. The molecule has 0 radical (unpaired) electrons. The summed E-state index contributed by atoms with van der Waals surface area (Å²) in [6, 6.07) is 37.9. The minimum absolute atomic E-state index is 0.00979. The second-order valence-electron chi connectivity index (χ2n) is 12.7. The quantitative estimate of drug-likeness (QED) is 0.0474. The van der Waals surface area contributed by atoms with Gasteiger partial charge in [-0.2, -0.15) is 0 Å². The fraction of sp³-hybridized carbons (Fsp3) is 0.167. The Morgan fingerprint density at radius 2 is 1.26 bits per heavy atom. The molecule has 54 heavy (non-hydrogen) atoms. The number of alkyl carbamates (subject to hydrolysis) is 1. The van der Waals surface area contributed by atoms with Gasteiger partial charge in [-0.05, 0) is 36.4 Å². The number of fused-ring (bicyclic) bond motifs is 7. The van der Waals surface area contributed by atoms with E-state index in [2.05, 4.69) is 96.8 Å². The van der Waals surface area contributed by atoms with E-state index in [1.54, 1.807) is 46.2 Å². The second-order valence-corrected chi connectivity index (χ2v) is 17.8. The van der Waals surface area contributed by atoms with Gasteiger partial charge in [0, 0.05) is 67.7 Å². The summed E-state index contributed by atoms with van der Waals surface area (Å²) in [5, 5.41) is 8.25. The Labute approximate surface area is 332 Å². The molecule has 3 heterocycles. The van der Waals surface area contributed by atoms with Crippen molar-refractivity contribution >= 4 is 120 Å². The van der Waals surface area contributed by atoms with Gasteiger partial charge in [-0.1, -0.05) is 90.7 Å². The number of thioether (sulfide) groups is 2. The van der Waals surface area contributed by atoms with E-state index in [1.165, 1.54) is 61.5 Å². The minimum atomic E-state index is -0.655. The van der Waals surface area contributed by atoms with Crippen LogP contribution in [0.1, 0.15) is 0 Å². The molecule has 0 fully saturated rings. The van der Waals surface area contributed by atoms with E-state index < -0.39 is 17.5 Å². The Kier molecular flexibility index (Phi) is 11.1. The van der Waals surface area contributed by atoms with Crippen molar-refractivity contribution in [2.45, 2.75) is 9.79 Å². The first-order valence-corrected chi connectivity index (χ1v) is 21.6. The van der Waals surface area contributed by atoms with Crippen molar-refractivity contribution in [2.75, 3.05) is 37.9 Å². The maximum Gasteiger partial charge on any atom is 0.407 e. The van der Waals surface area contributed by atoms with Gasteiger partial charge in [-0.3, -0.25) is 0 Å². The fourth-order valence-electron chi connectivity index (χ4n) is 6.14. The minimum Gasteiger partial charge on any atom is -0.469 e. The molecule has 0 atom stereocenters. The maximum atomic E-state index is 13.1. The summed E-state index contributed by atoms with van der Waals surface area (Å²) >= 11 is 8.61. The van der Waals surface area contributed by atoms with Crippen molar-refractivity contribution in [3.05, 3.63) is 122 Å². The van der Waals surface area contributed by atoms with Crippen molar-refractivity contribution in [3.63, 3.8) is 0 Å². The van der Waals surface area contributed by atoms with Crippen molar-refractivity contribution in [1.29, 1.82) is 0 Å². The molecule has 0 aliphatic carbocycles. The van der Waals surface area contributed by atoms with Crippen LogP contribution >= 0.6 is 57.5 Å². The van der Waals surface area contributed by atoms with Crippen molar-refractivity contribution < 1.29 is 23.8 Å². The topological polar surface area (TPSA) is 86.8 Å². The molecular weight excluding hydrogens is 773 g/mol. The van der Waals surface area contributed by atoms with E-state index in [0.29, 0.717) is 16.7 Å². The van der Waals surface area contributed by atoms with E-state index in [9.17, 15) is 9.59 Å². The summed E-state index contributed by atoms with van der Waals surface area (Å²) in [7, 11) is 0. The van der Waals surface area contributed by atoms with Crippen molar-refractivity contribution in [3.8, 4) is 5.19 Å². The number of nitrogens with one attached hydrogen (secondary N) is 1. The first-order chi connectivity index (χ1) is 26.5. The van der Waals surface area contributed by atoms with Crippen LogP contribution in [0.25, 0.3) is 50.6 Å². The van der Waals surface area contributed by atoms with Crippen LogP contribution in [-0.4, -0.2) is 54.9 Å². The molecule has 0 spiro atoms. The van der Waals surface area contributed by atoms with Gasteiger partial charge in [0.1, 0.15) is 19.8 Å². The van der Waals surface area contributed by atoms with Gasteiger partial charge in [0.25, 0.3) is 5.19 Å². The molecule has 8 rings (SSSR count). The first kappa shape index (κ1) is 36.4. The summed E-state index contributed by atoms with van der Waals surface area (Å²) in [6.45, 7) is 3.88. The molecule has 1 N–H and O–H groups in total. The lowest BCUT2D eigenvalue weighted by Crippen LogP contribution is -2.41. The number of hydrogen-bond donors (Lipinski definition) is 1. The number of amides is 1. The number of nitrogens with zero attached hydrogens (tertiary/aromatic N) is 1. The molecule has 0 aliphatic rings. The molecule has 272 valence electrons. The van der Waals surface area contributed by atoms with Crippen LogP contribution in [0.15, 0.2) is 132 Å². The Bertz CT molecular complexity index is 2480. The number of carbonyl (C=O) groups is 2. The predicted octanol–water partition coefficient (Wildman–Crippen LogP) is 11.4. The second kappa shape index (κ2) is 16.4. The third-order valence-electron chi connectivity index (χ3n) is 8.87. The number of benzene rings is 5. The van der Waals surface area contributed by atoms with E-state index in [-0.39, 0.29) is 26.4 Å². The molecular formula is C42H34N2O5S5. The highest BCUT2D eigenvalue weighted by molar-refractivity contribution is 8.00. The van der Waals surface area contributed by atoms with E-state index in [4.69, 9.17) is 19.2 Å². The van der Waals surface area contributed by atoms with Crippen LogP contribution in [0.4, 0.5) is 4.79 Å². The molecule has 0 aliphatic heterocycles. The molecule has 7 nitrogen and oxygen atoms in total. The Hall–Kier alpha value is -4.59. The molecule has 5 aromatic carbocycles. The number of ether oxygens (including phenoxy) is 3. The third-order valence-corrected chi connectivity index (χ3v) is 15.3. The van der Waals surface area contributed by atoms with E-state index in [0.717, 1.165) is 16.3 Å².